The van der Waals surface area contributed by atoms with E-state index in [0.29, 0.717) is 22.3 Å². The molecule has 21 heavy (non-hydrogen) atoms. The summed E-state index contributed by atoms with van der Waals surface area (Å²) >= 11 is 10.9. The summed E-state index contributed by atoms with van der Waals surface area (Å²) in [7, 11) is 0. The smallest absolute Gasteiger partial charge is 0.139 e. The van der Waals surface area contributed by atoms with E-state index in [2.05, 4.69) is 43.0 Å². The molecule has 0 radical (unpaired) electrons. The highest BCUT2D eigenvalue weighted by atomic mass is 79.9. The number of fused-ring (bicyclic) bond motifs is 1. The van der Waals surface area contributed by atoms with Gasteiger partial charge in [0, 0.05) is 29.8 Å². The number of halogens is 3. The second-order valence-electron chi connectivity index (χ2n) is 4.70. The minimum absolute atomic E-state index is 0.289. The van der Waals surface area contributed by atoms with Gasteiger partial charge < -0.3 is 4.57 Å². The zero-order chi connectivity index (χ0) is 14.8. The molecule has 0 aliphatic heterocycles. The second kappa shape index (κ2) is 6.46. The van der Waals surface area contributed by atoms with E-state index in [1.807, 2.05) is 0 Å². The zero-order valence-corrected chi connectivity index (χ0v) is 14.3. The fraction of sp³-hybridized carbons (Fsp3) is 0.267. The minimum atomic E-state index is -0.289. The minimum Gasteiger partial charge on any atom is -0.328 e. The van der Waals surface area contributed by atoms with Crippen LogP contribution >= 0.6 is 38.9 Å². The van der Waals surface area contributed by atoms with Crippen molar-refractivity contribution in [2.45, 2.75) is 19.4 Å². The van der Waals surface area contributed by atoms with Crippen LogP contribution in [0.25, 0.3) is 11.0 Å². The first-order chi connectivity index (χ1) is 10.2. The molecule has 2 nitrogen and oxygen atoms in total. The molecular weight excluding hydrogens is 375 g/mol. The Bertz CT molecular complexity index is 755. The fourth-order valence-electron chi connectivity index (χ4n) is 2.37. The van der Waals surface area contributed by atoms with Crippen molar-refractivity contribution in [2.75, 3.05) is 5.88 Å². The van der Waals surface area contributed by atoms with E-state index >= 15 is 0 Å². The van der Waals surface area contributed by atoms with E-state index in [1.54, 1.807) is 17.4 Å². The number of nitrogens with zero attached hydrogens (tertiary/aromatic N) is 2. The maximum Gasteiger partial charge on any atom is 0.139 e. The van der Waals surface area contributed by atoms with E-state index in [9.17, 15) is 4.39 Å². The van der Waals surface area contributed by atoms with Crippen molar-refractivity contribution in [3.05, 3.63) is 50.6 Å². The third-order valence-corrected chi connectivity index (χ3v) is 5.08. The van der Waals surface area contributed by atoms with Crippen LogP contribution in [-0.4, -0.2) is 15.4 Å². The van der Waals surface area contributed by atoms with Crippen LogP contribution in [0.2, 0.25) is 0 Å². The van der Waals surface area contributed by atoms with Gasteiger partial charge in [0.25, 0.3) is 0 Å². The lowest BCUT2D eigenvalue weighted by molar-refractivity contribution is 0.622. The van der Waals surface area contributed by atoms with Crippen molar-refractivity contribution in [3.63, 3.8) is 0 Å². The molecular formula is C15H13BrClFN2S. The van der Waals surface area contributed by atoms with Gasteiger partial charge in [-0.3, -0.25) is 0 Å². The molecule has 0 N–H and O–H groups in total. The number of benzene rings is 1. The van der Waals surface area contributed by atoms with Gasteiger partial charge in [0.15, 0.2) is 0 Å². The molecule has 0 amide bonds. The van der Waals surface area contributed by atoms with E-state index in [4.69, 9.17) is 11.6 Å². The SMILES string of the molecule is Fc1cc2nc(CCCl)n(CCc3cccs3)c2cc1Br. The molecule has 2 aromatic heterocycles. The normalized spacial score (nSPS) is 11.4. The summed E-state index contributed by atoms with van der Waals surface area (Å²) in [6.45, 7) is 0.821. The molecule has 0 bridgehead atoms. The van der Waals surface area contributed by atoms with Crippen molar-refractivity contribution in [1.29, 1.82) is 0 Å². The number of hydrogen-bond donors (Lipinski definition) is 0. The van der Waals surface area contributed by atoms with Gasteiger partial charge in [0.2, 0.25) is 0 Å². The predicted octanol–water partition coefficient (Wildman–Crippen LogP) is 5.02. The number of alkyl halides is 1. The highest BCUT2D eigenvalue weighted by molar-refractivity contribution is 9.10. The van der Waals surface area contributed by atoms with E-state index in [0.717, 1.165) is 24.3 Å². The number of aromatic nitrogens is 2. The number of aryl methyl sites for hydroxylation is 3. The lowest BCUT2D eigenvalue weighted by atomic mass is 10.3. The number of hydrogen-bond acceptors (Lipinski definition) is 2. The summed E-state index contributed by atoms with van der Waals surface area (Å²) < 4.78 is 16.3. The topological polar surface area (TPSA) is 17.8 Å². The maximum atomic E-state index is 13.7. The van der Waals surface area contributed by atoms with Gasteiger partial charge >= 0.3 is 0 Å². The van der Waals surface area contributed by atoms with Crippen LogP contribution in [-0.2, 0) is 19.4 Å². The second-order valence-corrected chi connectivity index (χ2v) is 6.97. The Morgan fingerprint density at radius 1 is 1.33 bits per heavy atom. The first kappa shape index (κ1) is 15.0. The molecule has 110 valence electrons. The van der Waals surface area contributed by atoms with Gasteiger partial charge in [-0.15, -0.1) is 22.9 Å². The van der Waals surface area contributed by atoms with E-state index in [-0.39, 0.29) is 5.82 Å². The van der Waals surface area contributed by atoms with Gasteiger partial charge in [0.05, 0.1) is 15.5 Å². The Hall–Kier alpha value is -0.910. The maximum absolute atomic E-state index is 13.7. The van der Waals surface area contributed by atoms with Crippen LogP contribution in [0.5, 0.6) is 0 Å². The van der Waals surface area contributed by atoms with Crippen LogP contribution in [0.3, 0.4) is 0 Å². The fourth-order valence-corrected chi connectivity index (χ4v) is 3.57. The molecule has 2 heterocycles. The molecule has 3 aromatic rings. The quantitative estimate of drug-likeness (QED) is 0.562. The predicted molar refractivity (Wildman–Crippen MR) is 89.8 cm³/mol. The Kier molecular flexibility index (Phi) is 4.62. The third kappa shape index (κ3) is 3.15. The molecule has 0 unspecified atom stereocenters. The molecule has 0 saturated carbocycles. The van der Waals surface area contributed by atoms with Gasteiger partial charge in [-0.05, 0) is 39.9 Å². The highest BCUT2D eigenvalue weighted by Crippen LogP contribution is 2.25. The highest BCUT2D eigenvalue weighted by Gasteiger charge is 2.13. The number of imidazole rings is 1. The summed E-state index contributed by atoms with van der Waals surface area (Å²) in [6.07, 6.45) is 1.62. The molecule has 3 rings (SSSR count). The first-order valence-electron chi connectivity index (χ1n) is 6.61. The Labute approximate surface area is 139 Å². The zero-order valence-electron chi connectivity index (χ0n) is 11.2. The number of rotatable bonds is 5. The third-order valence-electron chi connectivity index (χ3n) is 3.35. The van der Waals surface area contributed by atoms with Gasteiger partial charge in [0.1, 0.15) is 11.6 Å². The first-order valence-corrected chi connectivity index (χ1v) is 8.82. The van der Waals surface area contributed by atoms with Gasteiger partial charge in [-0.1, -0.05) is 6.07 Å². The summed E-state index contributed by atoms with van der Waals surface area (Å²) in [5.74, 6) is 1.13. The lowest BCUT2D eigenvalue weighted by Crippen LogP contribution is -2.06. The standard InChI is InChI=1S/C15H13BrClFN2S/c16-11-8-14-13(9-12(11)18)19-15(3-5-17)20(14)6-4-10-2-1-7-21-10/h1-2,7-9H,3-6H2. The molecule has 0 fully saturated rings. The largest absolute Gasteiger partial charge is 0.328 e. The van der Waals surface area contributed by atoms with Crippen molar-refractivity contribution in [1.82, 2.24) is 9.55 Å². The van der Waals surface area contributed by atoms with Crippen LogP contribution in [0.1, 0.15) is 10.7 Å². The van der Waals surface area contributed by atoms with Crippen molar-refractivity contribution >= 4 is 49.9 Å². The van der Waals surface area contributed by atoms with Crippen molar-refractivity contribution < 1.29 is 4.39 Å². The Balaban J connectivity index is 2.00. The molecule has 1 aromatic carbocycles. The summed E-state index contributed by atoms with van der Waals surface area (Å²) in [6, 6.07) is 7.45. The lowest BCUT2D eigenvalue weighted by Gasteiger charge is -2.08. The van der Waals surface area contributed by atoms with Crippen LogP contribution in [0.15, 0.2) is 34.1 Å². The van der Waals surface area contributed by atoms with Gasteiger partial charge in [-0.2, -0.15) is 0 Å². The Morgan fingerprint density at radius 2 is 2.19 bits per heavy atom. The number of thiophene rings is 1. The van der Waals surface area contributed by atoms with E-state index in [1.165, 1.54) is 10.9 Å². The molecule has 0 saturated heterocycles. The van der Waals surface area contributed by atoms with Crippen LogP contribution in [0, 0.1) is 5.82 Å². The average molecular weight is 388 g/mol. The van der Waals surface area contributed by atoms with E-state index < -0.39 is 0 Å². The average Bonchev–Trinajstić information content (AvgIpc) is 3.06. The molecule has 0 aliphatic rings. The summed E-state index contributed by atoms with van der Waals surface area (Å²) in [5.41, 5.74) is 1.63. The summed E-state index contributed by atoms with van der Waals surface area (Å²) in [4.78, 5) is 5.85. The van der Waals surface area contributed by atoms with Crippen LogP contribution in [0.4, 0.5) is 4.39 Å². The molecule has 0 atom stereocenters. The molecule has 0 aliphatic carbocycles. The molecule has 6 heteroatoms. The van der Waals surface area contributed by atoms with Crippen molar-refractivity contribution in [2.24, 2.45) is 0 Å². The molecule has 0 spiro atoms. The Morgan fingerprint density at radius 3 is 2.90 bits per heavy atom. The van der Waals surface area contributed by atoms with Gasteiger partial charge in [-0.25, -0.2) is 9.37 Å². The summed E-state index contributed by atoms with van der Waals surface area (Å²) in [5, 5.41) is 2.08. The van der Waals surface area contributed by atoms with Crippen LogP contribution < -0.4 is 0 Å². The van der Waals surface area contributed by atoms with Crippen molar-refractivity contribution in [3.8, 4) is 0 Å². The monoisotopic (exact) mass is 386 g/mol.